The van der Waals surface area contributed by atoms with Gasteiger partial charge in [-0.2, -0.15) is 58.8 Å². The molecule has 0 spiro atoms. The summed E-state index contributed by atoms with van der Waals surface area (Å²) in [6, 6.07) is 3.23. The van der Waals surface area contributed by atoms with E-state index in [1.807, 2.05) is 39.1 Å². The van der Waals surface area contributed by atoms with Gasteiger partial charge in [0.05, 0.1) is 0 Å². The quantitative estimate of drug-likeness (QED) is 0.148. The molecule has 2 saturated carbocycles. The second-order valence-electron chi connectivity index (χ2n) is 20.0. The predicted octanol–water partition coefficient (Wildman–Crippen LogP) is 15.5. The van der Waals surface area contributed by atoms with E-state index >= 15 is 0 Å². The van der Waals surface area contributed by atoms with Crippen LogP contribution in [-0.4, -0.2) is 153 Å². The van der Waals surface area contributed by atoms with Crippen LogP contribution in [0.25, 0.3) is 0 Å². The molecule has 81 heavy (non-hydrogen) atoms. The molecule has 5 heterocycles. The Morgan fingerprint density at radius 2 is 0.852 bits per heavy atom. The van der Waals surface area contributed by atoms with Crippen molar-refractivity contribution in [3.05, 3.63) is 0 Å². The summed E-state index contributed by atoms with van der Waals surface area (Å²) in [7, 11) is 5.30. The van der Waals surface area contributed by atoms with E-state index in [1.165, 1.54) is 64.2 Å². The fraction of sp³-hybridized carbons (Fsp3) is 0.787. The van der Waals surface area contributed by atoms with Crippen LogP contribution in [0.15, 0.2) is 68.8 Å². The van der Waals surface area contributed by atoms with Crippen LogP contribution >= 0.6 is 107 Å². The van der Waals surface area contributed by atoms with Crippen molar-refractivity contribution in [2.45, 2.75) is 217 Å². The van der Waals surface area contributed by atoms with Crippen LogP contribution in [0, 0.1) is 0 Å². The molecule has 34 heteroatoms. The summed E-state index contributed by atoms with van der Waals surface area (Å²) in [5.74, 6) is 2.84. The first-order valence-electron chi connectivity index (χ1n) is 26.2. The standard InChI is InChI=1S/C14H22Cl2N4S.C10H20ClN5S.C9H18ClN5S.C8H14Cl2N4S.C5H9N3S.CH4.I2/c15-13-17-14(16)19-21(18-13)20(11-7-3-1-4-8-11)12-9-5-2-6-10-12;1-7(2)16(8(3)4)17-13-9(11)12-10(14-17)15(5)6;1-6(2)15(7(3)4)16-13-8(10)12-9(11-5)14-16;1-5(2)14(6(3)4)15-12-7(9)11-8(10)13-15;1-4-6-5(2)8-9(3)7-4;;1-2/h11-12H,1-10H2;7-8H,1-6H3;6-7H,1-5H3,(H,11,12,13,14);5-6H,1-4H3;1-3H3;1H4;. The topological polar surface area (TPSA) is 214 Å². The lowest BCUT2D eigenvalue weighted by Crippen LogP contribution is -2.46. The molecule has 0 aromatic heterocycles. The van der Waals surface area contributed by atoms with E-state index in [2.05, 4.69) is 212 Å². The van der Waals surface area contributed by atoms with Crippen LogP contribution in [0.5, 0.6) is 0 Å². The van der Waals surface area contributed by atoms with Crippen LogP contribution in [-0.2, 0) is 55.1 Å². The summed E-state index contributed by atoms with van der Waals surface area (Å²) >= 11 is 37.3. The van der Waals surface area contributed by atoms with Crippen molar-refractivity contribution >= 4 is 217 Å². The van der Waals surface area contributed by atoms with E-state index in [1.54, 1.807) is 7.05 Å². The number of aliphatic imine (C=N–C) groups is 5. The van der Waals surface area contributed by atoms with E-state index in [0.717, 1.165) is 11.7 Å². The summed E-state index contributed by atoms with van der Waals surface area (Å²) < 4.78 is 52.2. The molecule has 5 aliphatic heterocycles. The zero-order valence-corrected chi connectivity index (χ0v) is 62.1. The number of guanidine groups is 2. The average molecular weight is 1570 g/mol. The summed E-state index contributed by atoms with van der Waals surface area (Å²) in [5.41, 5.74) is 0. The Bertz CT molecular complexity index is 2440. The van der Waals surface area contributed by atoms with Crippen LogP contribution < -0.4 is 5.32 Å². The lowest BCUT2D eigenvalue weighted by Gasteiger charge is -2.40. The normalized spacial score (nSPS) is 23.5. The van der Waals surface area contributed by atoms with Crippen molar-refractivity contribution in [2.24, 2.45) is 68.8 Å². The largest absolute Gasteiger partial charge is 0.346 e. The monoisotopic (exact) mass is 1570 g/mol. The highest BCUT2D eigenvalue weighted by atomic mass is 128. The fourth-order valence-electron chi connectivity index (χ4n) is 8.63. The maximum Gasteiger partial charge on any atom is 0.236 e. The number of nitrogens with one attached hydrogen (secondary N) is 1. The van der Waals surface area contributed by atoms with Gasteiger partial charge in [-0.3, -0.25) is 10.3 Å². The van der Waals surface area contributed by atoms with Gasteiger partial charge in [-0.25, -0.2) is 22.2 Å². The Morgan fingerprint density at radius 3 is 1.21 bits per heavy atom. The molecule has 0 bridgehead atoms. The molecule has 21 nitrogen and oxygen atoms in total. The van der Waals surface area contributed by atoms with E-state index in [9.17, 15) is 0 Å². The van der Waals surface area contributed by atoms with Crippen LogP contribution in [0.3, 0.4) is 0 Å². The first-order chi connectivity index (χ1) is 37.6. The minimum atomic E-state index is -0.651. The van der Waals surface area contributed by atoms with E-state index in [0.29, 0.717) is 65.5 Å². The molecule has 466 valence electrons. The summed E-state index contributed by atoms with van der Waals surface area (Å²) in [6.45, 7) is 29.2. The van der Waals surface area contributed by atoms with Gasteiger partial charge in [0.1, 0.15) is 55.9 Å². The molecule has 2 aliphatic carbocycles. The van der Waals surface area contributed by atoms with Crippen molar-refractivity contribution in [3.8, 4) is 0 Å². The van der Waals surface area contributed by atoms with Crippen LogP contribution in [0.4, 0.5) is 0 Å². The minimum absolute atomic E-state index is 0. The van der Waals surface area contributed by atoms with Crippen LogP contribution in [0.1, 0.15) is 169 Å². The van der Waals surface area contributed by atoms with E-state index < -0.39 is 44.3 Å². The van der Waals surface area contributed by atoms with Gasteiger partial charge in [0, 0.05) is 124 Å². The van der Waals surface area contributed by atoms with Gasteiger partial charge in [0.15, 0.2) is 0 Å². The minimum Gasteiger partial charge on any atom is -0.346 e. The number of rotatable bonds is 12. The van der Waals surface area contributed by atoms with Crippen molar-refractivity contribution in [3.63, 3.8) is 0 Å². The third kappa shape index (κ3) is 28.9. The molecule has 7 aliphatic rings. The second kappa shape index (κ2) is 41.3. The van der Waals surface area contributed by atoms with Gasteiger partial charge in [-0.05, 0) is 192 Å². The number of hydrogen-bond acceptors (Lipinski definition) is 19. The number of nitrogens with zero attached hydrogens (tertiary/aromatic N) is 20. The zero-order valence-electron chi connectivity index (χ0n) is 49.2. The second-order valence-corrected chi connectivity index (χ2v) is 28.4. The van der Waals surface area contributed by atoms with Gasteiger partial charge >= 0.3 is 0 Å². The molecular weight excluding hydrogens is 1490 g/mol. The van der Waals surface area contributed by atoms with Gasteiger partial charge in [0.25, 0.3) is 0 Å². The number of hydrogen-bond donors (Lipinski definition) is 1. The van der Waals surface area contributed by atoms with Crippen molar-refractivity contribution < 1.29 is 0 Å². The smallest absolute Gasteiger partial charge is 0.236 e. The molecule has 7 rings (SSSR count). The maximum absolute atomic E-state index is 6.03. The first-order valence-corrected chi connectivity index (χ1v) is 40.7. The molecule has 2 fully saturated rings. The molecule has 0 aromatic carbocycles. The Labute approximate surface area is 552 Å². The third-order valence-electron chi connectivity index (χ3n) is 11.2. The predicted molar refractivity (Wildman–Crippen MR) is 385 cm³/mol. The Hall–Kier alpha value is 0.0900. The highest BCUT2D eigenvalue weighted by Gasteiger charge is 2.33. The summed E-state index contributed by atoms with van der Waals surface area (Å²) in [4.78, 5) is 21.7. The number of amidine groups is 8. The average Bonchev–Trinajstić information content (AvgIpc) is 3.34. The van der Waals surface area contributed by atoms with Gasteiger partial charge in [-0.1, -0.05) is 46.0 Å². The fourth-order valence-corrected chi connectivity index (χ4v) is 17.0. The molecule has 0 radical (unpaired) electrons. The third-order valence-corrected chi connectivity index (χ3v) is 21.2. The zero-order chi connectivity index (χ0) is 60.6. The van der Waals surface area contributed by atoms with Crippen molar-refractivity contribution in [1.29, 1.82) is 0 Å². The van der Waals surface area contributed by atoms with Crippen molar-refractivity contribution in [1.82, 2.24) is 27.4 Å². The number of halogens is 8. The van der Waals surface area contributed by atoms with Gasteiger partial charge in [0.2, 0.25) is 43.7 Å². The SMILES string of the molecule is C.CC(C)N(C(C)C)S1=NC(Cl)=NC(Cl)=N1.CC(C)N(C(C)C)S1=NC(N(C)C)=NC(Cl)=N1.CC1=NC(C)=NS(C)=N1.CN=C1N=S(N(C(C)C)C(C)C)N=C(Cl)N1.ClC1=NC(Cl)=NS(N(C2CCCCC2)C2CCCCC2)=N1.II. The molecule has 0 aromatic rings. The first kappa shape index (κ1) is 79.1. The van der Waals surface area contributed by atoms with Crippen LogP contribution in [0.2, 0.25) is 0 Å². The van der Waals surface area contributed by atoms with Crippen molar-refractivity contribution in [2.75, 3.05) is 27.4 Å². The highest BCUT2D eigenvalue weighted by Crippen LogP contribution is 2.33. The lowest BCUT2D eigenvalue weighted by molar-refractivity contribution is 0.182. The van der Waals surface area contributed by atoms with E-state index in [-0.39, 0.29) is 44.8 Å². The molecular formula is C47H87Cl6I2N21S5. The molecule has 5 unspecified atom stereocenters. The summed E-state index contributed by atoms with van der Waals surface area (Å²) in [5, 5.41) is 4.27. The van der Waals surface area contributed by atoms with E-state index in [4.69, 9.17) is 69.6 Å². The maximum atomic E-state index is 6.03. The molecule has 5 atom stereocenters. The molecule has 0 amide bonds. The van der Waals surface area contributed by atoms with Gasteiger partial charge in [-0.15, -0.1) is 0 Å². The summed E-state index contributed by atoms with van der Waals surface area (Å²) in [6.07, 6.45) is 14.9. The molecule has 1 N–H and O–H groups in total. The molecule has 0 saturated heterocycles. The highest BCUT2D eigenvalue weighted by molar-refractivity contribution is 15.0. The Kier molecular flexibility index (Phi) is 40.4. The lowest BCUT2D eigenvalue weighted by atomic mass is 9.91. The van der Waals surface area contributed by atoms with Gasteiger partial charge < -0.3 is 4.90 Å². The Morgan fingerprint density at radius 1 is 0.481 bits per heavy atom. The Balaban J connectivity index is 0.000000510.